The molecule has 16 heavy (non-hydrogen) atoms. The Kier molecular flexibility index (Phi) is 4.92. The SMILES string of the molecule is C=CCNc1ccc(NC(=O)OCC)cc1. The highest BCUT2D eigenvalue weighted by molar-refractivity contribution is 5.84. The van der Waals surface area contributed by atoms with E-state index in [4.69, 9.17) is 4.74 Å². The Balaban J connectivity index is 2.50. The second kappa shape index (κ2) is 6.50. The summed E-state index contributed by atoms with van der Waals surface area (Å²) < 4.78 is 4.76. The first-order valence-electron chi connectivity index (χ1n) is 5.15. The molecule has 0 aliphatic rings. The molecule has 0 aromatic heterocycles. The number of ether oxygens (including phenoxy) is 1. The third-order valence-electron chi connectivity index (χ3n) is 1.86. The van der Waals surface area contributed by atoms with E-state index in [0.717, 1.165) is 5.69 Å². The summed E-state index contributed by atoms with van der Waals surface area (Å²) in [5.41, 5.74) is 1.69. The Morgan fingerprint density at radius 2 is 2.00 bits per heavy atom. The summed E-state index contributed by atoms with van der Waals surface area (Å²) in [5, 5.41) is 5.76. The Morgan fingerprint density at radius 3 is 2.56 bits per heavy atom. The third kappa shape index (κ3) is 4.04. The van der Waals surface area contributed by atoms with Crippen LogP contribution in [0.25, 0.3) is 0 Å². The molecule has 4 heteroatoms. The predicted molar refractivity (Wildman–Crippen MR) is 65.8 cm³/mol. The summed E-state index contributed by atoms with van der Waals surface area (Å²) in [5.74, 6) is 0. The average molecular weight is 220 g/mol. The third-order valence-corrected chi connectivity index (χ3v) is 1.86. The number of rotatable bonds is 5. The molecular formula is C12H16N2O2. The second-order valence-electron chi connectivity index (χ2n) is 3.09. The Morgan fingerprint density at radius 1 is 1.38 bits per heavy atom. The number of nitrogens with one attached hydrogen (secondary N) is 2. The van der Waals surface area contributed by atoms with Crippen LogP contribution in [0.15, 0.2) is 36.9 Å². The monoisotopic (exact) mass is 220 g/mol. The van der Waals surface area contributed by atoms with Crippen LogP contribution in [0.5, 0.6) is 0 Å². The molecule has 0 saturated heterocycles. The molecule has 0 saturated carbocycles. The lowest BCUT2D eigenvalue weighted by Gasteiger charge is -2.07. The van der Waals surface area contributed by atoms with Gasteiger partial charge in [-0.1, -0.05) is 6.08 Å². The van der Waals surface area contributed by atoms with Crippen LogP contribution in [0, 0.1) is 0 Å². The Labute approximate surface area is 95.3 Å². The van der Waals surface area contributed by atoms with Gasteiger partial charge in [-0.15, -0.1) is 6.58 Å². The first-order chi connectivity index (χ1) is 7.76. The van der Waals surface area contributed by atoms with Crippen molar-refractivity contribution in [2.24, 2.45) is 0 Å². The van der Waals surface area contributed by atoms with Crippen molar-refractivity contribution < 1.29 is 9.53 Å². The van der Waals surface area contributed by atoms with E-state index in [9.17, 15) is 4.79 Å². The van der Waals surface area contributed by atoms with Crippen molar-refractivity contribution >= 4 is 17.5 Å². The zero-order valence-corrected chi connectivity index (χ0v) is 9.32. The first-order valence-corrected chi connectivity index (χ1v) is 5.15. The fraction of sp³-hybridized carbons (Fsp3) is 0.250. The number of amides is 1. The molecule has 0 bridgehead atoms. The van der Waals surface area contributed by atoms with Crippen LogP contribution in [0.3, 0.4) is 0 Å². The molecule has 1 aromatic carbocycles. The predicted octanol–water partition coefficient (Wildman–Crippen LogP) is 2.85. The number of anilines is 2. The maximum atomic E-state index is 11.1. The fourth-order valence-corrected chi connectivity index (χ4v) is 1.15. The van der Waals surface area contributed by atoms with E-state index in [-0.39, 0.29) is 0 Å². The van der Waals surface area contributed by atoms with Crippen molar-refractivity contribution in [3.05, 3.63) is 36.9 Å². The number of hydrogen-bond donors (Lipinski definition) is 2. The molecular weight excluding hydrogens is 204 g/mol. The number of carbonyl (C=O) groups excluding carboxylic acids is 1. The maximum Gasteiger partial charge on any atom is 0.411 e. The molecule has 2 N–H and O–H groups in total. The highest BCUT2D eigenvalue weighted by Crippen LogP contribution is 2.13. The smallest absolute Gasteiger partial charge is 0.411 e. The molecule has 1 amide bonds. The van der Waals surface area contributed by atoms with Crippen LogP contribution in [-0.4, -0.2) is 19.2 Å². The van der Waals surface area contributed by atoms with Gasteiger partial charge in [0.05, 0.1) is 6.61 Å². The summed E-state index contributed by atoms with van der Waals surface area (Å²) >= 11 is 0. The lowest BCUT2D eigenvalue weighted by molar-refractivity contribution is 0.168. The molecule has 0 aliphatic heterocycles. The first kappa shape index (κ1) is 12.1. The van der Waals surface area contributed by atoms with Gasteiger partial charge in [-0.05, 0) is 31.2 Å². The molecule has 1 rings (SSSR count). The molecule has 1 aromatic rings. The zero-order chi connectivity index (χ0) is 11.8. The Hall–Kier alpha value is -1.97. The summed E-state index contributed by atoms with van der Waals surface area (Å²) in [6.45, 7) is 6.46. The standard InChI is InChI=1S/C12H16N2O2/c1-3-9-13-10-5-7-11(8-6-10)14-12(15)16-4-2/h3,5-8,13H,1,4,9H2,2H3,(H,14,15). The van der Waals surface area contributed by atoms with Gasteiger partial charge in [0, 0.05) is 17.9 Å². The average Bonchev–Trinajstić information content (AvgIpc) is 2.28. The van der Waals surface area contributed by atoms with Gasteiger partial charge in [-0.3, -0.25) is 5.32 Å². The summed E-state index contributed by atoms with van der Waals surface area (Å²) in [4.78, 5) is 11.1. The van der Waals surface area contributed by atoms with Gasteiger partial charge in [-0.2, -0.15) is 0 Å². The van der Waals surface area contributed by atoms with Gasteiger partial charge < -0.3 is 10.1 Å². The summed E-state index contributed by atoms with van der Waals surface area (Å²) in [6, 6.07) is 7.38. The summed E-state index contributed by atoms with van der Waals surface area (Å²) in [7, 11) is 0. The molecule has 0 radical (unpaired) electrons. The van der Waals surface area contributed by atoms with Crippen molar-refractivity contribution in [3.63, 3.8) is 0 Å². The lowest BCUT2D eigenvalue weighted by Crippen LogP contribution is -2.13. The van der Waals surface area contributed by atoms with Gasteiger partial charge in [0.2, 0.25) is 0 Å². The van der Waals surface area contributed by atoms with Crippen molar-refractivity contribution in [2.45, 2.75) is 6.92 Å². The molecule has 0 atom stereocenters. The minimum Gasteiger partial charge on any atom is -0.450 e. The molecule has 0 fully saturated rings. The van der Waals surface area contributed by atoms with Gasteiger partial charge in [0.15, 0.2) is 0 Å². The van der Waals surface area contributed by atoms with E-state index in [0.29, 0.717) is 18.8 Å². The topological polar surface area (TPSA) is 50.4 Å². The fourth-order valence-electron chi connectivity index (χ4n) is 1.15. The second-order valence-corrected chi connectivity index (χ2v) is 3.09. The maximum absolute atomic E-state index is 11.1. The van der Waals surface area contributed by atoms with Crippen LogP contribution in [-0.2, 0) is 4.74 Å². The molecule has 0 spiro atoms. The van der Waals surface area contributed by atoms with Gasteiger partial charge in [-0.25, -0.2) is 4.79 Å². The molecule has 86 valence electrons. The lowest BCUT2D eigenvalue weighted by atomic mass is 10.3. The van der Waals surface area contributed by atoms with Crippen molar-refractivity contribution in [2.75, 3.05) is 23.8 Å². The van der Waals surface area contributed by atoms with E-state index >= 15 is 0 Å². The molecule has 0 heterocycles. The van der Waals surface area contributed by atoms with Crippen LogP contribution < -0.4 is 10.6 Å². The number of hydrogen-bond acceptors (Lipinski definition) is 3. The molecule has 4 nitrogen and oxygen atoms in total. The molecule has 0 unspecified atom stereocenters. The van der Waals surface area contributed by atoms with E-state index in [1.807, 2.05) is 24.3 Å². The van der Waals surface area contributed by atoms with Crippen molar-refractivity contribution in [3.8, 4) is 0 Å². The summed E-state index contributed by atoms with van der Waals surface area (Å²) in [6.07, 6.45) is 1.35. The quantitative estimate of drug-likeness (QED) is 0.750. The minimum atomic E-state index is -0.436. The van der Waals surface area contributed by atoms with Crippen molar-refractivity contribution in [1.29, 1.82) is 0 Å². The number of benzene rings is 1. The highest BCUT2D eigenvalue weighted by Gasteiger charge is 2.00. The van der Waals surface area contributed by atoms with Crippen LogP contribution in [0.2, 0.25) is 0 Å². The van der Waals surface area contributed by atoms with E-state index in [2.05, 4.69) is 17.2 Å². The zero-order valence-electron chi connectivity index (χ0n) is 9.32. The molecule has 0 aliphatic carbocycles. The van der Waals surface area contributed by atoms with Gasteiger partial charge >= 0.3 is 6.09 Å². The largest absolute Gasteiger partial charge is 0.450 e. The van der Waals surface area contributed by atoms with Crippen LogP contribution in [0.1, 0.15) is 6.92 Å². The van der Waals surface area contributed by atoms with Gasteiger partial charge in [0.25, 0.3) is 0 Å². The highest BCUT2D eigenvalue weighted by atomic mass is 16.5. The van der Waals surface area contributed by atoms with E-state index in [1.54, 1.807) is 13.0 Å². The Bertz CT molecular complexity index is 347. The number of carbonyl (C=O) groups is 1. The van der Waals surface area contributed by atoms with Crippen molar-refractivity contribution in [1.82, 2.24) is 0 Å². The normalized spacial score (nSPS) is 9.31. The minimum absolute atomic E-state index is 0.366. The van der Waals surface area contributed by atoms with Crippen LogP contribution in [0.4, 0.5) is 16.2 Å². The van der Waals surface area contributed by atoms with E-state index < -0.39 is 6.09 Å². The van der Waals surface area contributed by atoms with Gasteiger partial charge in [0.1, 0.15) is 0 Å². The van der Waals surface area contributed by atoms with Crippen LogP contribution >= 0.6 is 0 Å². The van der Waals surface area contributed by atoms with E-state index in [1.165, 1.54) is 0 Å².